The molecule has 0 aromatic heterocycles. The number of carboxylic acid groups (broad SMARTS) is 1. The van der Waals surface area contributed by atoms with Crippen molar-refractivity contribution in [3.63, 3.8) is 0 Å². The maximum Gasteiger partial charge on any atom is 1.00 e. The zero-order valence-electron chi connectivity index (χ0n) is 93.7. The van der Waals surface area contributed by atoms with Crippen molar-refractivity contribution in [2.24, 2.45) is 20.8 Å². The average molecular weight is 2480 g/mol. The second-order valence-electron chi connectivity index (χ2n) is 35.0. The quantitative estimate of drug-likeness (QED) is 0.00216. The largest absolute Gasteiger partial charge is 1.00 e. The van der Waals surface area contributed by atoms with Gasteiger partial charge >= 0.3 is 212 Å². The Hall–Kier alpha value is 0.405. The van der Waals surface area contributed by atoms with Crippen LogP contribution in [-0.2, 0) is 33.7 Å². The first-order valence-corrected chi connectivity index (χ1v) is 54.7. The first-order valence-electron chi connectivity index (χ1n) is 51.1. The predicted octanol–water partition coefficient (Wildman–Crippen LogP) is 15.6. The topological polar surface area (TPSA) is 436 Å². The van der Waals surface area contributed by atoms with Crippen LogP contribution in [0.2, 0.25) is 0 Å². The predicted molar refractivity (Wildman–Crippen MR) is 613 cm³/mol. The number of nitrogens with zero attached hydrogens (tertiary/aromatic N) is 4. The number of rotatable bonds is 71. The van der Waals surface area contributed by atoms with Gasteiger partial charge in [-0.05, 0) is 273 Å². The Morgan fingerprint density at radius 1 is 0.366 bits per heavy atom. The minimum absolute atomic E-state index is 0. The summed E-state index contributed by atoms with van der Waals surface area (Å²) in [5.41, 5.74) is -3.30. The summed E-state index contributed by atoms with van der Waals surface area (Å²) >= 11 is 6.48. The van der Waals surface area contributed by atoms with Gasteiger partial charge in [-0.25, -0.2) is 0 Å². The van der Waals surface area contributed by atoms with E-state index >= 15 is 0 Å². The van der Waals surface area contributed by atoms with Crippen molar-refractivity contribution < 1.29 is 301 Å². The van der Waals surface area contributed by atoms with E-state index < -0.39 is 51.4 Å². The van der Waals surface area contributed by atoms with E-state index in [-0.39, 0.29) is 212 Å². The molecule has 0 aliphatic carbocycles. The fourth-order valence-electron chi connectivity index (χ4n) is 11.0. The minimum Gasteiger partial charge on any atom is -0.665 e. The molecule has 0 amide bonds. The SMILES string of the molecule is C#CCC(C)(O)CCCC.C#CCCCC.C/C=C/CC(C)(O)CCCC.C/C=C/CC(C)(O)CCCC.CCCCC(C)(O)C/C=C/C=C\CCCC/C=C\CCCC(=O)O.CCCCC(C)(O)C/C=C/C=C\CCCCC=O.CCCCC(C)(O)C/C=C/C=C\CCCCC=O.O=[C-]/C(=N\N=O)O[O-].O=[C-]/C(=N\N=O)O[O-].OCCCCC/C=C\I.OCCCCC/C=C\I.OCCCCCC#CI.[K+].[K+].[K+].[K+]. The molecule has 0 aliphatic heterocycles. The Kier molecular flexibility index (Phi) is 194. The number of allylic oxidation sites excluding steroid dienone is 15. The summed E-state index contributed by atoms with van der Waals surface area (Å²) in [5, 5.41) is 120. The molecule has 145 heavy (non-hydrogen) atoms. The molecule has 6 atom stereocenters. The van der Waals surface area contributed by atoms with E-state index in [0.29, 0.717) is 58.3 Å². The van der Waals surface area contributed by atoms with Gasteiger partial charge in [-0.1, -0.05) is 324 Å². The molecule has 25 nitrogen and oxygen atoms in total. The number of aliphatic hydroxyl groups excluding tert-OH is 3. The third-order valence-electron chi connectivity index (χ3n) is 19.6. The summed E-state index contributed by atoms with van der Waals surface area (Å²) in [6.07, 6.45) is 108. The van der Waals surface area contributed by atoms with Crippen LogP contribution in [-0.4, -0.2) is 147 Å². The molecule has 818 valence electrons. The smallest absolute Gasteiger partial charge is 0.665 e. The number of aliphatic carboxylic acids is 1. The second kappa shape index (κ2) is 155. The van der Waals surface area contributed by atoms with E-state index in [2.05, 4.69) is 184 Å². The summed E-state index contributed by atoms with van der Waals surface area (Å²) in [6.45, 7) is 31.2. The van der Waals surface area contributed by atoms with Crippen molar-refractivity contribution in [2.45, 2.75) is 484 Å². The Labute approximate surface area is 1090 Å². The molecule has 0 spiro atoms. The van der Waals surface area contributed by atoms with Gasteiger partial charge in [-0.2, -0.15) is 12.6 Å². The monoisotopic (exact) mass is 2480 g/mol. The molecule has 0 heterocycles. The molecule has 0 aliphatic rings. The van der Waals surface area contributed by atoms with Crippen LogP contribution in [0.1, 0.15) is 451 Å². The zero-order valence-corrected chi connectivity index (χ0v) is 113. The fourth-order valence-corrected chi connectivity index (χ4v) is 12.0. The van der Waals surface area contributed by atoms with Crippen molar-refractivity contribution in [2.75, 3.05) is 19.8 Å². The van der Waals surface area contributed by atoms with Gasteiger partial charge in [-0.3, -0.25) is 4.79 Å². The number of carbonyl (C=O) groups excluding carboxylic acids is 4. The van der Waals surface area contributed by atoms with Crippen LogP contribution in [0.4, 0.5) is 0 Å². The molecule has 6 unspecified atom stereocenters. The first kappa shape index (κ1) is 181. The molecule has 0 aromatic rings. The number of hydrogen-bond acceptors (Lipinski definition) is 22. The summed E-state index contributed by atoms with van der Waals surface area (Å²) in [4.78, 5) is 73.3. The van der Waals surface area contributed by atoms with Gasteiger partial charge in [0.05, 0.1) is 56.0 Å². The van der Waals surface area contributed by atoms with Crippen LogP contribution in [0.5, 0.6) is 0 Å². The zero-order chi connectivity index (χ0) is 109. The number of carboxylic acids is 1. The first-order chi connectivity index (χ1) is 67.4. The average Bonchev–Trinajstić information content (AvgIpc) is 0.946. The maximum atomic E-state index is 10.3. The van der Waals surface area contributed by atoms with Gasteiger partial charge in [0.2, 0.25) is 0 Å². The van der Waals surface area contributed by atoms with Crippen molar-refractivity contribution in [1.29, 1.82) is 0 Å². The number of hydrogen-bond donors (Lipinski definition) is 10. The maximum absolute atomic E-state index is 10.3. The van der Waals surface area contributed by atoms with Gasteiger partial charge < -0.3 is 90.5 Å². The van der Waals surface area contributed by atoms with Crippen molar-refractivity contribution in [3.05, 3.63) is 140 Å². The van der Waals surface area contributed by atoms with Crippen molar-refractivity contribution in [3.8, 4) is 34.5 Å². The summed E-state index contributed by atoms with van der Waals surface area (Å²) < 4.78 is 6.88. The number of aliphatic hydroxyl groups is 9. The minimum atomic E-state index is -1.000. The summed E-state index contributed by atoms with van der Waals surface area (Å²) in [6, 6.07) is 0. The van der Waals surface area contributed by atoms with Gasteiger partial charge in [0, 0.05) is 80.9 Å². The Bertz CT molecular complexity index is 3150. The number of unbranched alkanes of at least 4 members (excludes halogenated alkanes) is 27. The third kappa shape index (κ3) is 199. The molecule has 32 heteroatoms. The summed E-state index contributed by atoms with van der Waals surface area (Å²) in [5.74, 6) is 5.28. The molecule has 0 aromatic carbocycles. The third-order valence-corrected chi connectivity index (χ3v) is 21.0. The molecule has 0 radical (unpaired) electrons. The van der Waals surface area contributed by atoms with Crippen LogP contribution in [0, 0.1) is 44.3 Å². The standard InChI is InChI=1S/C21H36O3.2C16H28O2.2C10H20O.C9H16O.2C7H13IO.C7H11IO.C6H10.2C2HN2O4.4K/c1-3-4-18-21(2,24)19-16-14-12-10-8-6-5-7-9-11-13-15-17-20(22)23;2*1-3-4-13-16(2,18)14-11-9-7-5-6-8-10-12-15-17;2*1-4-6-8-10(3,11)9-7-5-2;1-4-6-8-9(3,10)7-5-2;3*8-6-4-2-1-3-5-7-9;1-3-5-6-4-2;2*5-1-2(8-7)3-4-6;;;;/h9-12,14,16,24H,3-8,13,15,17-19H2,1-2H3,(H,22,23);2*5,7,9,11,15,18H,3-4,6,8,10,12-14H2,1-2H3;2*4,6,11H,5,7-9H2,1-3H3;2,10H,4,6-8H2,1,3H3;2*4,6,9H,1-3,5,7H2;9H,1-3,5,7H2;1H,4-6H2,2H3;2*7H;;;;/q;;;;;;;;;;2*-1;4*+1/p-2/b11-9-,12-10-,16-14+;2*7-5-,11-9+;2*6-4+;;2*6-4-;;;2*3-2+;;;;. The second-order valence-corrected chi connectivity index (χ2v) is 37.0. The number of halogens is 3. The van der Waals surface area contributed by atoms with E-state index in [1.54, 1.807) is 6.92 Å². The van der Waals surface area contributed by atoms with E-state index in [0.717, 1.165) is 301 Å². The molecule has 0 bridgehead atoms. The summed E-state index contributed by atoms with van der Waals surface area (Å²) in [7, 11) is 0. The van der Waals surface area contributed by atoms with Gasteiger partial charge in [0.25, 0.3) is 0 Å². The number of nitroso groups, excluding NO2 is 2. The van der Waals surface area contributed by atoms with Gasteiger partial charge in [0.1, 0.15) is 12.6 Å². The molecular formula is C113H195I3K4N4O21. The van der Waals surface area contributed by atoms with Crippen molar-refractivity contribution >= 4 is 111 Å². The number of carbonyl (C=O) groups is 3. The Morgan fingerprint density at radius 2 is 0.628 bits per heavy atom. The van der Waals surface area contributed by atoms with E-state index in [4.69, 9.17) is 53.6 Å². The van der Waals surface area contributed by atoms with Gasteiger partial charge in [0.15, 0.2) is 0 Å². The Morgan fingerprint density at radius 3 is 0.855 bits per heavy atom. The van der Waals surface area contributed by atoms with E-state index in [1.807, 2.05) is 163 Å². The van der Waals surface area contributed by atoms with Crippen LogP contribution >= 0.6 is 67.8 Å². The van der Waals surface area contributed by atoms with E-state index in [9.17, 15) is 54.6 Å². The number of aldehydes is 2. The molecular weight excluding hydrogens is 2290 g/mol. The molecule has 10 N–H and O–H groups in total. The normalized spacial score (nSPS) is 13.2. The van der Waals surface area contributed by atoms with E-state index in [1.165, 1.54) is 25.7 Å². The van der Waals surface area contributed by atoms with Crippen LogP contribution < -0.4 is 216 Å². The molecule has 0 saturated heterocycles. The molecule has 0 saturated carbocycles. The Balaban J connectivity index is -0.0000000911. The van der Waals surface area contributed by atoms with Crippen LogP contribution in [0.3, 0.4) is 0 Å². The van der Waals surface area contributed by atoms with Crippen LogP contribution in [0.15, 0.2) is 150 Å². The van der Waals surface area contributed by atoms with Crippen molar-refractivity contribution in [1.82, 2.24) is 0 Å². The molecule has 0 rings (SSSR count). The van der Waals surface area contributed by atoms with Crippen LogP contribution in [0.25, 0.3) is 0 Å². The molecule has 0 fully saturated rings. The number of terminal acetylenes is 2. The van der Waals surface area contributed by atoms with Gasteiger partial charge in [-0.15, -0.1) is 44.7 Å². The fraction of sp³-hybridized carbons (Fsp3) is 0.690.